The van der Waals surface area contributed by atoms with Crippen LogP contribution in [0, 0.1) is 5.92 Å². The van der Waals surface area contributed by atoms with Gasteiger partial charge in [0.2, 0.25) is 10.4 Å². The van der Waals surface area contributed by atoms with Crippen molar-refractivity contribution in [3.8, 4) is 0 Å². The van der Waals surface area contributed by atoms with Crippen LogP contribution in [-0.2, 0) is 14.6 Å². The summed E-state index contributed by atoms with van der Waals surface area (Å²) < 4.78 is 33.5. The SMILES string of the molecule is CC(C)CCOS(=O)(=O)[O-]. The standard InChI is InChI=1S/C5H12O4S/c1-5(2)3-4-9-10(6,7)8/h5H,3-4H2,1-2H3,(H,6,7,8)/p-1. The van der Waals surface area contributed by atoms with Crippen molar-refractivity contribution in [1.29, 1.82) is 0 Å². The molecular formula is C5H11O4S-. The highest BCUT2D eigenvalue weighted by molar-refractivity contribution is 7.80. The van der Waals surface area contributed by atoms with Crippen LogP contribution in [0.2, 0.25) is 0 Å². The molecular weight excluding hydrogens is 156 g/mol. The molecule has 5 heteroatoms. The minimum absolute atomic E-state index is 0.0104. The second-order valence-corrected chi connectivity index (χ2v) is 3.46. The van der Waals surface area contributed by atoms with Crippen LogP contribution in [0.5, 0.6) is 0 Å². The molecule has 0 unspecified atom stereocenters. The van der Waals surface area contributed by atoms with Crippen molar-refractivity contribution in [3.05, 3.63) is 0 Å². The maximum absolute atomic E-state index is 9.83. The predicted molar refractivity (Wildman–Crippen MR) is 35.1 cm³/mol. The summed E-state index contributed by atoms with van der Waals surface area (Å²) in [5.41, 5.74) is 0. The van der Waals surface area contributed by atoms with E-state index >= 15 is 0 Å². The summed E-state index contributed by atoms with van der Waals surface area (Å²) in [5.74, 6) is 0.349. The van der Waals surface area contributed by atoms with Gasteiger partial charge < -0.3 is 4.55 Å². The lowest BCUT2D eigenvalue weighted by Crippen LogP contribution is -2.06. The molecule has 0 N–H and O–H groups in total. The summed E-state index contributed by atoms with van der Waals surface area (Å²) in [6.07, 6.45) is 0.585. The molecule has 0 aromatic carbocycles. The summed E-state index contributed by atoms with van der Waals surface area (Å²) >= 11 is 0. The third kappa shape index (κ3) is 7.87. The Kier molecular flexibility index (Phi) is 3.85. The van der Waals surface area contributed by atoms with Gasteiger partial charge in [-0.15, -0.1) is 0 Å². The van der Waals surface area contributed by atoms with E-state index in [2.05, 4.69) is 4.18 Å². The number of hydrogen-bond acceptors (Lipinski definition) is 4. The van der Waals surface area contributed by atoms with Gasteiger partial charge in [0.05, 0.1) is 6.61 Å². The molecule has 0 aliphatic carbocycles. The minimum atomic E-state index is -4.47. The highest BCUT2D eigenvalue weighted by Gasteiger charge is 1.96. The van der Waals surface area contributed by atoms with E-state index in [9.17, 15) is 13.0 Å². The molecule has 0 aliphatic heterocycles. The topological polar surface area (TPSA) is 66.4 Å². The molecule has 0 amide bonds. The fourth-order valence-electron chi connectivity index (χ4n) is 0.386. The van der Waals surface area contributed by atoms with Gasteiger partial charge in [-0.05, 0) is 12.3 Å². The number of hydrogen-bond donors (Lipinski definition) is 0. The molecule has 10 heavy (non-hydrogen) atoms. The molecule has 0 bridgehead atoms. The zero-order valence-corrected chi connectivity index (χ0v) is 6.85. The van der Waals surface area contributed by atoms with Gasteiger partial charge in [-0.1, -0.05) is 13.8 Å². The van der Waals surface area contributed by atoms with Gasteiger partial charge in [-0.2, -0.15) is 0 Å². The summed E-state index contributed by atoms with van der Waals surface area (Å²) in [4.78, 5) is 0. The maximum atomic E-state index is 9.83. The van der Waals surface area contributed by atoms with Crippen LogP contribution in [0.15, 0.2) is 0 Å². The fraction of sp³-hybridized carbons (Fsp3) is 1.00. The quantitative estimate of drug-likeness (QED) is 0.452. The second kappa shape index (κ2) is 3.90. The molecule has 4 nitrogen and oxygen atoms in total. The Morgan fingerprint density at radius 1 is 1.50 bits per heavy atom. The molecule has 0 aliphatic rings. The number of rotatable bonds is 4. The Labute approximate surface area is 61.2 Å². The van der Waals surface area contributed by atoms with Crippen LogP contribution in [0.25, 0.3) is 0 Å². The van der Waals surface area contributed by atoms with Crippen molar-refractivity contribution in [1.82, 2.24) is 0 Å². The summed E-state index contributed by atoms with van der Waals surface area (Å²) in [6, 6.07) is 0. The van der Waals surface area contributed by atoms with Gasteiger partial charge in [-0.3, -0.25) is 4.18 Å². The third-order valence-corrected chi connectivity index (χ3v) is 1.38. The molecule has 0 fully saturated rings. The van der Waals surface area contributed by atoms with Crippen molar-refractivity contribution in [3.63, 3.8) is 0 Å². The molecule has 0 aromatic heterocycles. The molecule has 0 aromatic rings. The molecule has 0 atom stereocenters. The van der Waals surface area contributed by atoms with E-state index in [0.29, 0.717) is 12.3 Å². The lowest BCUT2D eigenvalue weighted by atomic mass is 10.2. The van der Waals surface area contributed by atoms with Gasteiger partial charge in [-0.25, -0.2) is 8.42 Å². The summed E-state index contributed by atoms with van der Waals surface area (Å²) in [5, 5.41) is 0. The zero-order chi connectivity index (χ0) is 8.20. The minimum Gasteiger partial charge on any atom is -0.726 e. The fourth-order valence-corrected chi connectivity index (χ4v) is 0.686. The Hall–Kier alpha value is -0.130. The van der Waals surface area contributed by atoms with Crippen molar-refractivity contribution >= 4 is 10.4 Å². The van der Waals surface area contributed by atoms with E-state index in [1.807, 2.05) is 13.8 Å². The Bertz CT molecular complexity index is 170. The molecule has 0 radical (unpaired) electrons. The molecule has 0 spiro atoms. The van der Waals surface area contributed by atoms with Crippen LogP contribution < -0.4 is 0 Å². The molecule has 0 rings (SSSR count). The van der Waals surface area contributed by atoms with Crippen LogP contribution >= 0.6 is 0 Å². The van der Waals surface area contributed by atoms with Crippen molar-refractivity contribution < 1.29 is 17.2 Å². The monoisotopic (exact) mass is 167 g/mol. The van der Waals surface area contributed by atoms with Crippen molar-refractivity contribution in [2.24, 2.45) is 5.92 Å². The van der Waals surface area contributed by atoms with Crippen LogP contribution in [0.4, 0.5) is 0 Å². The average Bonchev–Trinajstić information content (AvgIpc) is 1.59. The van der Waals surface area contributed by atoms with Gasteiger partial charge in [0.1, 0.15) is 0 Å². The van der Waals surface area contributed by atoms with Crippen molar-refractivity contribution in [2.75, 3.05) is 6.61 Å². The predicted octanol–water partition coefficient (Wildman–Crippen LogP) is 0.509. The first-order valence-electron chi connectivity index (χ1n) is 3.02. The van der Waals surface area contributed by atoms with E-state index in [1.165, 1.54) is 0 Å². The lowest BCUT2D eigenvalue weighted by Gasteiger charge is -2.08. The third-order valence-electron chi connectivity index (χ3n) is 0.923. The van der Waals surface area contributed by atoms with E-state index < -0.39 is 10.4 Å². The molecule has 0 saturated carbocycles. The Balaban J connectivity index is 3.39. The molecule has 0 saturated heterocycles. The van der Waals surface area contributed by atoms with E-state index in [1.54, 1.807) is 0 Å². The smallest absolute Gasteiger partial charge is 0.217 e. The first-order valence-corrected chi connectivity index (χ1v) is 4.35. The summed E-state index contributed by atoms with van der Waals surface area (Å²) in [7, 11) is -4.47. The van der Waals surface area contributed by atoms with E-state index in [4.69, 9.17) is 0 Å². The Morgan fingerprint density at radius 2 is 2.00 bits per heavy atom. The van der Waals surface area contributed by atoms with Gasteiger partial charge in [0, 0.05) is 0 Å². The largest absolute Gasteiger partial charge is 0.726 e. The highest BCUT2D eigenvalue weighted by atomic mass is 32.3. The lowest BCUT2D eigenvalue weighted by molar-refractivity contribution is 0.246. The Morgan fingerprint density at radius 3 is 2.30 bits per heavy atom. The van der Waals surface area contributed by atoms with E-state index in [0.717, 1.165) is 0 Å². The van der Waals surface area contributed by atoms with E-state index in [-0.39, 0.29) is 6.61 Å². The first kappa shape index (κ1) is 9.87. The zero-order valence-electron chi connectivity index (χ0n) is 6.03. The van der Waals surface area contributed by atoms with Gasteiger partial charge >= 0.3 is 0 Å². The van der Waals surface area contributed by atoms with Crippen LogP contribution in [0.1, 0.15) is 20.3 Å². The first-order chi connectivity index (χ1) is 4.42. The van der Waals surface area contributed by atoms with Crippen LogP contribution in [-0.4, -0.2) is 19.6 Å². The average molecular weight is 167 g/mol. The van der Waals surface area contributed by atoms with Gasteiger partial charge in [0.25, 0.3) is 0 Å². The second-order valence-electron chi connectivity index (χ2n) is 2.41. The molecule has 0 heterocycles. The molecule has 62 valence electrons. The highest BCUT2D eigenvalue weighted by Crippen LogP contribution is 2.00. The maximum Gasteiger partial charge on any atom is 0.217 e. The van der Waals surface area contributed by atoms with Crippen LogP contribution in [0.3, 0.4) is 0 Å². The van der Waals surface area contributed by atoms with Crippen molar-refractivity contribution in [2.45, 2.75) is 20.3 Å². The summed E-state index contributed by atoms with van der Waals surface area (Å²) in [6.45, 7) is 3.82. The normalized spacial score (nSPS) is 12.4. The van der Waals surface area contributed by atoms with Gasteiger partial charge in [0.15, 0.2) is 0 Å².